The van der Waals surface area contributed by atoms with E-state index in [1.54, 1.807) is 6.92 Å². The zero-order valence-corrected chi connectivity index (χ0v) is 10.8. The van der Waals surface area contributed by atoms with E-state index < -0.39 is 0 Å². The minimum atomic E-state index is -0.350. The van der Waals surface area contributed by atoms with E-state index in [0.717, 1.165) is 0 Å². The third kappa shape index (κ3) is 2.96. The average molecular weight is 287 g/mol. The number of nitrogens with one attached hydrogen (secondary N) is 1. The van der Waals surface area contributed by atoms with E-state index in [-0.39, 0.29) is 22.6 Å². The molecule has 0 aliphatic carbocycles. The highest BCUT2D eigenvalue weighted by Crippen LogP contribution is 2.19. The third-order valence-corrected chi connectivity index (χ3v) is 2.71. The summed E-state index contributed by atoms with van der Waals surface area (Å²) in [5.41, 5.74) is 0.306. The van der Waals surface area contributed by atoms with Crippen LogP contribution in [0.2, 0.25) is 10.2 Å². The molecule has 0 fully saturated rings. The highest BCUT2D eigenvalue weighted by atomic mass is 35.5. The summed E-state index contributed by atoms with van der Waals surface area (Å²) in [4.78, 5) is 19.5. The number of hydrogen-bond acceptors (Lipinski definition) is 5. The number of halogens is 2. The molecule has 6 nitrogen and oxygen atoms in total. The Kier molecular flexibility index (Phi) is 3.78. The second-order valence-electron chi connectivity index (χ2n) is 3.41. The molecule has 0 aromatic carbocycles. The fraction of sp³-hybridized carbons (Fsp3) is 0.200. The molecule has 1 amide bonds. The normalized spacial score (nSPS) is 10.4. The van der Waals surface area contributed by atoms with Crippen LogP contribution in [-0.4, -0.2) is 21.0 Å². The fourth-order valence-electron chi connectivity index (χ4n) is 1.22. The Balaban J connectivity index is 2.01. The molecule has 2 aromatic heterocycles. The number of rotatable bonds is 3. The number of carbonyl (C=O) groups excluding carboxylic acids is 1. The van der Waals surface area contributed by atoms with Gasteiger partial charge in [-0.2, -0.15) is 4.98 Å². The monoisotopic (exact) mass is 286 g/mol. The van der Waals surface area contributed by atoms with Crippen LogP contribution < -0.4 is 5.32 Å². The van der Waals surface area contributed by atoms with Crippen LogP contribution in [0.4, 0.5) is 0 Å². The van der Waals surface area contributed by atoms with Gasteiger partial charge >= 0.3 is 0 Å². The lowest BCUT2D eigenvalue weighted by atomic mass is 10.2. The van der Waals surface area contributed by atoms with Gasteiger partial charge in [-0.05, 0) is 13.0 Å². The van der Waals surface area contributed by atoms with Crippen LogP contribution in [0.3, 0.4) is 0 Å². The number of nitrogens with zero attached hydrogens (tertiary/aromatic N) is 3. The first-order chi connectivity index (χ1) is 8.56. The molecule has 1 N–H and O–H groups in total. The summed E-state index contributed by atoms with van der Waals surface area (Å²) in [6.45, 7) is 1.83. The molecule has 0 aliphatic rings. The summed E-state index contributed by atoms with van der Waals surface area (Å²) < 4.78 is 4.85. The van der Waals surface area contributed by atoms with Crippen molar-refractivity contribution >= 4 is 29.1 Å². The average Bonchev–Trinajstić information content (AvgIpc) is 2.75. The predicted molar refractivity (Wildman–Crippen MR) is 64.5 cm³/mol. The Morgan fingerprint density at radius 3 is 2.89 bits per heavy atom. The lowest BCUT2D eigenvalue weighted by molar-refractivity contribution is 0.0946. The van der Waals surface area contributed by atoms with E-state index in [0.29, 0.717) is 17.3 Å². The Bertz CT molecular complexity index is 585. The summed E-state index contributed by atoms with van der Waals surface area (Å²) in [5.74, 6) is 0.487. The summed E-state index contributed by atoms with van der Waals surface area (Å²) in [7, 11) is 0. The van der Waals surface area contributed by atoms with Crippen molar-refractivity contribution < 1.29 is 9.32 Å². The molecule has 0 unspecified atom stereocenters. The number of aryl methyl sites for hydroxylation is 1. The van der Waals surface area contributed by atoms with Gasteiger partial charge in [-0.1, -0.05) is 28.4 Å². The molecular formula is C10H8Cl2N4O2. The summed E-state index contributed by atoms with van der Waals surface area (Å²) in [6, 6.07) is 1.44. The van der Waals surface area contributed by atoms with Crippen LogP contribution in [0.15, 0.2) is 16.8 Å². The molecule has 0 bridgehead atoms. The first-order valence-electron chi connectivity index (χ1n) is 4.94. The van der Waals surface area contributed by atoms with Gasteiger partial charge in [0, 0.05) is 6.20 Å². The molecule has 0 aliphatic heterocycles. The second kappa shape index (κ2) is 5.32. The first kappa shape index (κ1) is 12.8. The molecule has 0 radical (unpaired) electrons. The minimum absolute atomic E-state index is 0.139. The zero-order chi connectivity index (χ0) is 13.1. The van der Waals surface area contributed by atoms with E-state index in [4.69, 9.17) is 27.7 Å². The van der Waals surface area contributed by atoms with Gasteiger partial charge in [-0.3, -0.25) is 4.79 Å². The van der Waals surface area contributed by atoms with Gasteiger partial charge < -0.3 is 9.84 Å². The van der Waals surface area contributed by atoms with Gasteiger partial charge in [0.2, 0.25) is 5.89 Å². The van der Waals surface area contributed by atoms with Crippen molar-refractivity contribution in [1.82, 2.24) is 20.4 Å². The number of carbonyl (C=O) groups is 1. The van der Waals surface area contributed by atoms with Crippen LogP contribution in [-0.2, 0) is 6.54 Å². The molecule has 2 aromatic rings. The fourth-order valence-corrected chi connectivity index (χ4v) is 1.48. The number of pyridine rings is 1. The first-order valence-corrected chi connectivity index (χ1v) is 5.70. The maximum atomic E-state index is 11.7. The molecule has 2 rings (SSSR count). The minimum Gasteiger partial charge on any atom is -0.343 e. The highest BCUT2D eigenvalue weighted by Gasteiger charge is 2.10. The molecule has 94 valence electrons. The Labute approximate surface area is 112 Å². The summed E-state index contributed by atoms with van der Waals surface area (Å²) >= 11 is 11.4. The van der Waals surface area contributed by atoms with E-state index >= 15 is 0 Å². The molecule has 0 saturated carbocycles. The standard InChI is InChI=1S/C10H8Cl2N4O2/c1-5-15-8(18-16-5)4-14-10(17)6-2-7(11)9(12)13-3-6/h2-3H,4H2,1H3,(H,14,17). The number of hydrogen-bond donors (Lipinski definition) is 1. The van der Waals surface area contributed by atoms with Gasteiger partial charge in [0.05, 0.1) is 17.1 Å². The number of aromatic nitrogens is 3. The Hall–Kier alpha value is -1.66. The van der Waals surface area contributed by atoms with Crippen molar-refractivity contribution in [1.29, 1.82) is 0 Å². The Morgan fingerprint density at radius 1 is 1.50 bits per heavy atom. The lowest BCUT2D eigenvalue weighted by Crippen LogP contribution is -2.23. The zero-order valence-electron chi connectivity index (χ0n) is 9.28. The van der Waals surface area contributed by atoms with Crippen molar-refractivity contribution in [2.75, 3.05) is 0 Å². The largest absolute Gasteiger partial charge is 0.343 e. The van der Waals surface area contributed by atoms with Gasteiger partial charge in [0.25, 0.3) is 5.91 Å². The van der Waals surface area contributed by atoms with Gasteiger partial charge in [-0.25, -0.2) is 4.98 Å². The van der Waals surface area contributed by atoms with Crippen molar-refractivity contribution in [2.24, 2.45) is 0 Å². The topological polar surface area (TPSA) is 80.9 Å². The van der Waals surface area contributed by atoms with Crippen molar-refractivity contribution in [3.63, 3.8) is 0 Å². The maximum Gasteiger partial charge on any atom is 0.253 e. The molecule has 2 heterocycles. The van der Waals surface area contributed by atoms with Gasteiger partial charge in [0.1, 0.15) is 5.15 Å². The summed E-state index contributed by atoms with van der Waals surface area (Å²) in [5, 5.41) is 6.58. The summed E-state index contributed by atoms with van der Waals surface area (Å²) in [6.07, 6.45) is 1.34. The van der Waals surface area contributed by atoms with E-state index in [9.17, 15) is 4.79 Å². The number of amides is 1. The molecule has 0 atom stereocenters. The van der Waals surface area contributed by atoms with Crippen molar-refractivity contribution in [3.05, 3.63) is 39.7 Å². The maximum absolute atomic E-state index is 11.7. The van der Waals surface area contributed by atoms with Crippen LogP contribution in [0.25, 0.3) is 0 Å². The second-order valence-corrected chi connectivity index (χ2v) is 4.18. The molecular weight excluding hydrogens is 279 g/mol. The van der Waals surface area contributed by atoms with Crippen LogP contribution in [0, 0.1) is 6.92 Å². The molecule has 8 heteroatoms. The Morgan fingerprint density at radius 2 is 2.28 bits per heavy atom. The SMILES string of the molecule is Cc1noc(CNC(=O)c2cnc(Cl)c(Cl)c2)n1. The van der Waals surface area contributed by atoms with Gasteiger partial charge in [0.15, 0.2) is 5.82 Å². The van der Waals surface area contributed by atoms with E-state index in [2.05, 4.69) is 20.4 Å². The van der Waals surface area contributed by atoms with Crippen LogP contribution in [0.1, 0.15) is 22.1 Å². The van der Waals surface area contributed by atoms with Gasteiger partial charge in [-0.15, -0.1) is 0 Å². The molecule has 0 spiro atoms. The van der Waals surface area contributed by atoms with Crippen LogP contribution >= 0.6 is 23.2 Å². The smallest absolute Gasteiger partial charge is 0.253 e. The predicted octanol–water partition coefficient (Wildman–Crippen LogP) is 2.01. The highest BCUT2D eigenvalue weighted by molar-refractivity contribution is 6.41. The lowest BCUT2D eigenvalue weighted by Gasteiger charge is -2.02. The van der Waals surface area contributed by atoms with E-state index in [1.807, 2.05) is 0 Å². The third-order valence-electron chi connectivity index (χ3n) is 2.03. The quantitative estimate of drug-likeness (QED) is 0.873. The molecule has 18 heavy (non-hydrogen) atoms. The van der Waals surface area contributed by atoms with Crippen LogP contribution in [0.5, 0.6) is 0 Å². The van der Waals surface area contributed by atoms with Crippen molar-refractivity contribution in [3.8, 4) is 0 Å². The molecule has 0 saturated heterocycles. The van der Waals surface area contributed by atoms with E-state index in [1.165, 1.54) is 12.3 Å². The van der Waals surface area contributed by atoms with Crippen molar-refractivity contribution in [2.45, 2.75) is 13.5 Å².